The highest BCUT2D eigenvalue weighted by molar-refractivity contribution is 6.30. The molecular formula is C22H27ClN4O. The molecule has 6 heteroatoms. The Morgan fingerprint density at radius 3 is 2.46 bits per heavy atom. The number of rotatable bonds is 5. The summed E-state index contributed by atoms with van der Waals surface area (Å²) in [6.45, 7) is 4.43. The van der Waals surface area contributed by atoms with Crippen molar-refractivity contribution in [1.82, 2.24) is 15.3 Å². The Morgan fingerprint density at radius 1 is 1.11 bits per heavy atom. The summed E-state index contributed by atoms with van der Waals surface area (Å²) < 4.78 is 0. The van der Waals surface area contributed by atoms with E-state index in [-0.39, 0.29) is 5.91 Å². The minimum absolute atomic E-state index is 0.0696. The fourth-order valence-corrected chi connectivity index (χ4v) is 4.65. The summed E-state index contributed by atoms with van der Waals surface area (Å²) in [4.78, 5) is 24.8. The van der Waals surface area contributed by atoms with Gasteiger partial charge in [-0.1, -0.05) is 36.6 Å². The second kappa shape index (κ2) is 8.08. The van der Waals surface area contributed by atoms with Crippen LogP contribution in [0.1, 0.15) is 55.6 Å². The standard InChI is InChI=1S/C22H27ClN4O/c1-16-14-20(27-12-4-5-13-27)26-19(25-16)15-24-21(28)22(10-2-3-11-22)17-6-8-18(23)9-7-17/h6-9,14H,2-5,10-13,15H2,1H3,(H,24,28). The highest BCUT2D eigenvalue weighted by Gasteiger charge is 2.42. The number of carbonyl (C=O) groups is 1. The number of aryl methyl sites for hydroxylation is 1. The van der Waals surface area contributed by atoms with Crippen LogP contribution < -0.4 is 10.2 Å². The lowest BCUT2D eigenvalue weighted by atomic mass is 9.78. The molecule has 0 unspecified atom stereocenters. The fourth-order valence-electron chi connectivity index (χ4n) is 4.52. The van der Waals surface area contributed by atoms with Gasteiger partial charge in [0.2, 0.25) is 5.91 Å². The molecule has 1 saturated carbocycles. The van der Waals surface area contributed by atoms with Gasteiger partial charge in [0, 0.05) is 29.9 Å². The van der Waals surface area contributed by atoms with Crippen molar-refractivity contribution in [3.05, 3.63) is 52.4 Å². The molecule has 2 heterocycles. The van der Waals surface area contributed by atoms with Crippen molar-refractivity contribution in [2.45, 2.75) is 57.4 Å². The molecule has 0 atom stereocenters. The number of anilines is 1. The zero-order valence-corrected chi connectivity index (χ0v) is 17.1. The number of hydrogen-bond acceptors (Lipinski definition) is 4. The van der Waals surface area contributed by atoms with Gasteiger partial charge in [0.25, 0.3) is 0 Å². The van der Waals surface area contributed by atoms with Crippen molar-refractivity contribution in [1.29, 1.82) is 0 Å². The first kappa shape index (κ1) is 19.2. The molecule has 1 aromatic carbocycles. The van der Waals surface area contributed by atoms with E-state index in [9.17, 15) is 4.79 Å². The van der Waals surface area contributed by atoms with E-state index in [1.807, 2.05) is 37.3 Å². The minimum atomic E-state index is -0.466. The topological polar surface area (TPSA) is 58.1 Å². The predicted molar refractivity (Wildman–Crippen MR) is 112 cm³/mol. The Hall–Kier alpha value is -2.14. The Bertz CT molecular complexity index is 840. The molecule has 1 N–H and O–H groups in total. The lowest BCUT2D eigenvalue weighted by Gasteiger charge is -2.28. The van der Waals surface area contributed by atoms with E-state index in [4.69, 9.17) is 16.6 Å². The SMILES string of the molecule is Cc1cc(N2CCCC2)nc(CNC(=O)C2(c3ccc(Cl)cc3)CCCC2)n1. The zero-order valence-electron chi connectivity index (χ0n) is 16.4. The normalized spacial score (nSPS) is 18.4. The third-order valence-corrected chi connectivity index (χ3v) is 6.26. The Labute approximate surface area is 171 Å². The molecule has 1 amide bonds. The molecule has 148 valence electrons. The van der Waals surface area contributed by atoms with Crippen molar-refractivity contribution in [3.63, 3.8) is 0 Å². The number of benzene rings is 1. The van der Waals surface area contributed by atoms with Crippen LogP contribution in [0.15, 0.2) is 30.3 Å². The van der Waals surface area contributed by atoms with Crippen LogP contribution in [0.2, 0.25) is 5.02 Å². The van der Waals surface area contributed by atoms with E-state index in [2.05, 4.69) is 15.2 Å². The summed E-state index contributed by atoms with van der Waals surface area (Å²) in [5.74, 6) is 1.72. The molecule has 2 fully saturated rings. The smallest absolute Gasteiger partial charge is 0.231 e. The van der Waals surface area contributed by atoms with Gasteiger partial charge in [0.1, 0.15) is 11.6 Å². The summed E-state index contributed by atoms with van der Waals surface area (Å²) in [5, 5.41) is 3.82. The van der Waals surface area contributed by atoms with Crippen molar-refractivity contribution < 1.29 is 4.79 Å². The average molecular weight is 399 g/mol. The van der Waals surface area contributed by atoms with Gasteiger partial charge in [-0.25, -0.2) is 9.97 Å². The van der Waals surface area contributed by atoms with Crippen LogP contribution in [-0.2, 0) is 16.8 Å². The third kappa shape index (κ3) is 3.86. The van der Waals surface area contributed by atoms with E-state index in [1.54, 1.807) is 0 Å². The van der Waals surface area contributed by atoms with Crippen LogP contribution >= 0.6 is 11.6 Å². The lowest BCUT2D eigenvalue weighted by molar-refractivity contribution is -0.126. The summed E-state index contributed by atoms with van der Waals surface area (Å²) >= 11 is 6.05. The van der Waals surface area contributed by atoms with Gasteiger partial charge in [-0.3, -0.25) is 4.79 Å². The molecular weight excluding hydrogens is 372 g/mol. The summed E-state index contributed by atoms with van der Waals surface area (Å²) in [6, 6.07) is 9.75. The number of amides is 1. The van der Waals surface area contributed by atoms with Gasteiger partial charge in [-0.2, -0.15) is 0 Å². The molecule has 5 nitrogen and oxygen atoms in total. The number of nitrogens with one attached hydrogen (secondary N) is 1. The maximum absolute atomic E-state index is 13.2. The molecule has 1 saturated heterocycles. The first-order chi connectivity index (χ1) is 13.6. The van der Waals surface area contributed by atoms with Gasteiger partial charge >= 0.3 is 0 Å². The molecule has 1 aliphatic carbocycles. The highest BCUT2D eigenvalue weighted by Crippen LogP contribution is 2.41. The van der Waals surface area contributed by atoms with Gasteiger partial charge in [0.15, 0.2) is 0 Å². The molecule has 0 bridgehead atoms. The molecule has 1 aliphatic heterocycles. The maximum atomic E-state index is 13.2. The maximum Gasteiger partial charge on any atom is 0.231 e. The van der Waals surface area contributed by atoms with E-state index in [0.717, 1.165) is 55.8 Å². The fraction of sp³-hybridized carbons (Fsp3) is 0.500. The quantitative estimate of drug-likeness (QED) is 0.821. The highest BCUT2D eigenvalue weighted by atomic mass is 35.5. The van der Waals surface area contributed by atoms with E-state index in [0.29, 0.717) is 17.4 Å². The average Bonchev–Trinajstić information content (AvgIpc) is 3.39. The number of aromatic nitrogens is 2. The second-order valence-corrected chi connectivity index (χ2v) is 8.39. The van der Waals surface area contributed by atoms with E-state index < -0.39 is 5.41 Å². The predicted octanol–water partition coefficient (Wildman–Crippen LogP) is 4.17. The monoisotopic (exact) mass is 398 g/mol. The number of hydrogen-bond donors (Lipinski definition) is 1. The van der Waals surface area contributed by atoms with Crippen molar-refractivity contribution in [2.75, 3.05) is 18.0 Å². The third-order valence-electron chi connectivity index (χ3n) is 6.01. The number of carbonyl (C=O) groups excluding carboxylic acids is 1. The summed E-state index contributed by atoms with van der Waals surface area (Å²) in [5.41, 5.74) is 1.52. The summed E-state index contributed by atoms with van der Waals surface area (Å²) in [6.07, 6.45) is 6.28. The second-order valence-electron chi connectivity index (χ2n) is 7.96. The van der Waals surface area contributed by atoms with Crippen LogP contribution in [0.25, 0.3) is 0 Å². The Kier molecular flexibility index (Phi) is 5.54. The number of halogens is 1. The molecule has 4 rings (SSSR count). The van der Waals surface area contributed by atoms with Crippen molar-refractivity contribution in [2.24, 2.45) is 0 Å². The first-order valence-corrected chi connectivity index (χ1v) is 10.6. The molecule has 28 heavy (non-hydrogen) atoms. The molecule has 1 aromatic heterocycles. The first-order valence-electron chi connectivity index (χ1n) is 10.2. The van der Waals surface area contributed by atoms with Crippen LogP contribution in [-0.4, -0.2) is 29.0 Å². The molecule has 0 radical (unpaired) electrons. The Balaban J connectivity index is 1.50. The van der Waals surface area contributed by atoms with Crippen LogP contribution in [0, 0.1) is 6.92 Å². The van der Waals surface area contributed by atoms with Crippen molar-refractivity contribution in [3.8, 4) is 0 Å². The van der Waals surface area contributed by atoms with Gasteiger partial charge in [0.05, 0.1) is 12.0 Å². The number of nitrogens with zero attached hydrogens (tertiary/aromatic N) is 3. The van der Waals surface area contributed by atoms with Crippen LogP contribution in [0.4, 0.5) is 5.82 Å². The van der Waals surface area contributed by atoms with Gasteiger partial charge in [-0.05, 0) is 50.3 Å². The summed E-state index contributed by atoms with van der Waals surface area (Å²) in [7, 11) is 0. The van der Waals surface area contributed by atoms with Crippen molar-refractivity contribution >= 4 is 23.3 Å². The minimum Gasteiger partial charge on any atom is -0.357 e. The van der Waals surface area contributed by atoms with E-state index >= 15 is 0 Å². The van der Waals surface area contributed by atoms with Crippen LogP contribution in [0.5, 0.6) is 0 Å². The van der Waals surface area contributed by atoms with Gasteiger partial charge in [-0.15, -0.1) is 0 Å². The molecule has 2 aliphatic rings. The lowest BCUT2D eigenvalue weighted by Crippen LogP contribution is -2.42. The molecule has 0 spiro atoms. The Morgan fingerprint density at radius 2 is 1.79 bits per heavy atom. The van der Waals surface area contributed by atoms with Gasteiger partial charge < -0.3 is 10.2 Å². The zero-order chi connectivity index (χ0) is 19.6. The molecule has 2 aromatic rings. The largest absolute Gasteiger partial charge is 0.357 e. The van der Waals surface area contributed by atoms with Crippen LogP contribution in [0.3, 0.4) is 0 Å². The van der Waals surface area contributed by atoms with E-state index in [1.165, 1.54) is 12.8 Å².